The number of imide groups is 1. The van der Waals surface area contributed by atoms with E-state index < -0.39 is 17.1 Å². The Kier molecular flexibility index (Phi) is 5.33. The van der Waals surface area contributed by atoms with Crippen molar-refractivity contribution in [2.24, 2.45) is 0 Å². The quantitative estimate of drug-likeness (QED) is 0.816. The molecule has 3 rings (SSSR count). The van der Waals surface area contributed by atoms with E-state index in [2.05, 4.69) is 10.3 Å². The molecule has 1 aliphatic heterocycles. The van der Waals surface area contributed by atoms with Gasteiger partial charge in [-0.2, -0.15) is 0 Å². The summed E-state index contributed by atoms with van der Waals surface area (Å²) < 4.78 is 5.16. The van der Waals surface area contributed by atoms with Crippen molar-refractivity contribution < 1.29 is 19.1 Å². The van der Waals surface area contributed by atoms with Gasteiger partial charge in [0.05, 0.1) is 23.4 Å². The molecule has 2 heterocycles. The van der Waals surface area contributed by atoms with Gasteiger partial charge in [-0.15, -0.1) is 0 Å². The van der Waals surface area contributed by atoms with E-state index >= 15 is 0 Å². The molecule has 3 amide bonds. The fourth-order valence-electron chi connectivity index (χ4n) is 2.31. The summed E-state index contributed by atoms with van der Waals surface area (Å²) in [6.45, 7) is -0.373. The Morgan fingerprint density at radius 3 is 2.73 bits per heavy atom. The lowest BCUT2D eigenvalue weighted by atomic mass is 10.3. The third-order valence-corrected chi connectivity index (χ3v) is 4.43. The molecule has 1 aliphatic rings. The normalized spacial score (nSPS) is 15.4. The number of amides is 3. The molecule has 0 atom stereocenters. The number of anilines is 1. The minimum absolute atomic E-state index is 0.235. The van der Waals surface area contributed by atoms with Gasteiger partial charge in [-0.3, -0.25) is 24.3 Å². The number of ether oxygens (including phenoxy) is 1. The molecule has 0 unspecified atom stereocenters. The predicted octanol–water partition coefficient (Wildman–Crippen LogP) is 2.77. The van der Waals surface area contributed by atoms with Crippen LogP contribution in [0.2, 0.25) is 0 Å². The van der Waals surface area contributed by atoms with Crippen LogP contribution in [0, 0.1) is 0 Å². The number of para-hydroxylation sites is 2. The van der Waals surface area contributed by atoms with Crippen molar-refractivity contribution in [2.75, 3.05) is 19.0 Å². The number of nitrogens with one attached hydrogen (secondary N) is 1. The number of nitrogens with zero attached hydrogens (tertiary/aromatic N) is 2. The molecule has 8 heteroatoms. The number of benzene rings is 1. The van der Waals surface area contributed by atoms with Crippen molar-refractivity contribution >= 4 is 40.6 Å². The van der Waals surface area contributed by atoms with Gasteiger partial charge in [0.25, 0.3) is 11.1 Å². The highest BCUT2D eigenvalue weighted by Crippen LogP contribution is 2.32. The average Bonchev–Trinajstić information content (AvgIpc) is 2.90. The summed E-state index contributed by atoms with van der Waals surface area (Å²) in [4.78, 5) is 42.0. The average molecular weight is 369 g/mol. The zero-order chi connectivity index (χ0) is 18.5. The van der Waals surface area contributed by atoms with E-state index in [-0.39, 0.29) is 11.4 Å². The number of hydrogen-bond acceptors (Lipinski definition) is 6. The van der Waals surface area contributed by atoms with Crippen LogP contribution in [0.25, 0.3) is 6.08 Å². The maximum Gasteiger partial charge on any atom is 0.294 e. The van der Waals surface area contributed by atoms with Crippen LogP contribution >= 0.6 is 11.8 Å². The van der Waals surface area contributed by atoms with Crippen molar-refractivity contribution in [1.82, 2.24) is 9.88 Å². The van der Waals surface area contributed by atoms with Crippen LogP contribution in [-0.4, -0.2) is 40.6 Å². The fourth-order valence-corrected chi connectivity index (χ4v) is 3.14. The molecule has 1 aromatic carbocycles. The van der Waals surface area contributed by atoms with Gasteiger partial charge in [0.2, 0.25) is 5.91 Å². The lowest BCUT2D eigenvalue weighted by Gasteiger charge is -2.14. The zero-order valence-corrected chi connectivity index (χ0v) is 14.7. The number of aromatic nitrogens is 1. The fraction of sp³-hybridized carbons (Fsp3) is 0.111. The van der Waals surface area contributed by atoms with E-state index in [1.54, 1.807) is 48.7 Å². The Morgan fingerprint density at radius 1 is 1.23 bits per heavy atom. The van der Waals surface area contributed by atoms with Crippen molar-refractivity contribution in [3.63, 3.8) is 0 Å². The molecule has 26 heavy (non-hydrogen) atoms. The molecular weight excluding hydrogens is 354 g/mol. The van der Waals surface area contributed by atoms with Crippen molar-refractivity contribution in [3.8, 4) is 5.75 Å². The number of rotatable bonds is 5. The first-order valence-corrected chi connectivity index (χ1v) is 8.49. The molecule has 0 bridgehead atoms. The van der Waals surface area contributed by atoms with Gasteiger partial charge < -0.3 is 10.1 Å². The third-order valence-electron chi connectivity index (χ3n) is 3.52. The summed E-state index contributed by atoms with van der Waals surface area (Å²) in [5.41, 5.74) is 1.03. The second-order valence-electron chi connectivity index (χ2n) is 5.27. The Balaban J connectivity index is 1.70. The smallest absolute Gasteiger partial charge is 0.294 e. The Morgan fingerprint density at radius 2 is 2.00 bits per heavy atom. The van der Waals surface area contributed by atoms with Crippen LogP contribution in [0.1, 0.15) is 5.69 Å². The molecule has 0 radical (unpaired) electrons. The van der Waals surface area contributed by atoms with Gasteiger partial charge in [0.1, 0.15) is 12.3 Å². The van der Waals surface area contributed by atoms with Gasteiger partial charge in [0, 0.05) is 6.20 Å². The number of carbonyl (C=O) groups excluding carboxylic acids is 3. The van der Waals surface area contributed by atoms with Crippen LogP contribution in [0.5, 0.6) is 5.75 Å². The largest absolute Gasteiger partial charge is 0.495 e. The number of pyridine rings is 1. The first-order chi connectivity index (χ1) is 12.6. The van der Waals surface area contributed by atoms with Crippen molar-refractivity contribution in [1.29, 1.82) is 0 Å². The van der Waals surface area contributed by atoms with Gasteiger partial charge in [-0.25, -0.2) is 0 Å². The summed E-state index contributed by atoms with van der Waals surface area (Å²) in [5.74, 6) is -0.512. The van der Waals surface area contributed by atoms with Crippen molar-refractivity contribution in [3.05, 3.63) is 59.3 Å². The number of carbonyl (C=O) groups is 3. The maximum absolute atomic E-state index is 12.4. The van der Waals surface area contributed by atoms with Crippen LogP contribution < -0.4 is 10.1 Å². The van der Waals surface area contributed by atoms with E-state index in [0.717, 1.165) is 16.7 Å². The lowest BCUT2D eigenvalue weighted by Crippen LogP contribution is -2.36. The first-order valence-electron chi connectivity index (χ1n) is 7.68. The third kappa shape index (κ3) is 3.92. The number of thioether (sulfide) groups is 1. The predicted molar refractivity (Wildman–Crippen MR) is 98.5 cm³/mol. The number of hydrogen-bond donors (Lipinski definition) is 1. The molecule has 2 aromatic rings. The lowest BCUT2D eigenvalue weighted by molar-refractivity contribution is -0.127. The molecule has 7 nitrogen and oxygen atoms in total. The minimum atomic E-state index is -0.513. The second-order valence-corrected chi connectivity index (χ2v) is 6.26. The van der Waals surface area contributed by atoms with Gasteiger partial charge >= 0.3 is 0 Å². The summed E-state index contributed by atoms with van der Waals surface area (Å²) in [7, 11) is 1.49. The van der Waals surface area contributed by atoms with Crippen LogP contribution in [0.3, 0.4) is 0 Å². The maximum atomic E-state index is 12.4. The number of methoxy groups -OCH3 is 1. The standard InChI is InChI=1S/C18H15N3O4S/c1-25-14-8-3-2-7-13(14)20-16(22)11-21-17(23)15(26-18(21)24)10-12-6-4-5-9-19-12/h2-10H,11H2,1H3,(H,20,22)/b15-10-. The molecule has 0 spiro atoms. The van der Waals surface area contributed by atoms with Gasteiger partial charge in [-0.1, -0.05) is 18.2 Å². The SMILES string of the molecule is COc1ccccc1NC(=O)CN1C(=O)S/C(=C\c2ccccn2)C1=O. The molecule has 1 N–H and O–H groups in total. The highest BCUT2D eigenvalue weighted by atomic mass is 32.2. The highest BCUT2D eigenvalue weighted by molar-refractivity contribution is 8.18. The highest BCUT2D eigenvalue weighted by Gasteiger charge is 2.36. The molecule has 1 aromatic heterocycles. The van der Waals surface area contributed by atoms with Gasteiger partial charge in [-0.05, 0) is 42.1 Å². The van der Waals surface area contributed by atoms with Crippen LogP contribution in [0.15, 0.2) is 53.6 Å². The Labute approximate surface area is 154 Å². The van der Waals surface area contributed by atoms with E-state index in [0.29, 0.717) is 17.1 Å². The zero-order valence-electron chi connectivity index (χ0n) is 13.8. The van der Waals surface area contributed by atoms with E-state index in [4.69, 9.17) is 4.74 Å². The van der Waals surface area contributed by atoms with Crippen LogP contribution in [-0.2, 0) is 9.59 Å². The first kappa shape index (κ1) is 17.7. The summed E-state index contributed by atoms with van der Waals surface area (Å²) >= 11 is 0.786. The van der Waals surface area contributed by atoms with E-state index in [1.807, 2.05) is 0 Å². The van der Waals surface area contributed by atoms with Crippen molar-refractivity contribution in [2.45, 2.75) is 0 Å². The summed E-state index contributed by atoms with van der Waals surface area (Å²) in [5, 5.41) is 2.15. The summed E-state index contributed by atoms with van der Waals surface area (Å²) in [6.07, 6.45) is 3.12. The molecule has 1 fully saturated rings. The molecule has 132 valence electrons. The molecule has 1 saturated heterocycles. The monoisotopic (exact) mass is 369 g/mol. The summed E-state index contributed by atoms with van der Waals surface area (Å²) in [6, 6.07) is 12.1. The van der Waals surface area contributed by atoms with E-state index in [9.17, 15) is 14.4 Å². The minimum Gasteiger partial charge on any atom is -0.495 e. The van der Waals surface area contributed by atoms with E-state index in [1.165, 1.54) is 13.2 Å². The molecule has 0 aliphatic carbocycles. The van der Waals surface area contributed by atoms with Crippen LogP contribution in [0.4, 0.5) is 10.5 Å². The topological polar surface area (TPSA) is 88.6 Å². The molecule has 0 saturated carbocycles. The Hall–Kier alpha value is -3.13. The molecular formula is C18H15N3O4S. The van der Waals surface area contributed by atoms with Gasteiger partial charge in [0.15, 0.2) is 0 Å². The Bertz CT molecular complexity index is 883. The second kappa shape index (κ2) is 7.83.